The molecule has 1 amide bonds. The number of nitrogens with zero attached hydrogens (tertiary/aromatic N) is 1. The first-order valence-electron chi connectivity index (χ1n) is 3.83. The van der Waals surface area contributed by atoms with E-state index in [9.17, 15) is 4.79 Å². The molecule has 0 unspecified atom stereocenters. The Morgan fingerprint density at radius 2 is 2.31 bits per heavy atom. The summed E-state index contributed by atoms with van der Waals surface area (Å²) < 4.78 is 0. The van der Waals surface area contributed by atoms with Crippen LogP contribution < -0.4 is 5.73 Å². The van der Waals surface area contributed by atoms with Crippen LogP contribution in [-0.4, -0.2) is 10.9 Å². The highest BCUT2D eigenvalue weighted by molar-refractivity contribution is 5.86. The van der Waals surface area contributed by atoms with Crippen LogP contribution in [0.2, 0.25) is 0 Å². The average Bonchev–Trinajstić information content (AvgIpc) is 2.14. The average molecular weight is 174 g/mol. The topological polar surface area (TPSA) is 56.0 Å². The van der Waals surface area contributed by atoms with E-state index in [1.54, 1.807) is 24.5 Å². The van der Waals surface area contributed by atoms with Crippen LogP contribution in [0.4, 0.5) is 0 Å². The van der Waals surface area contributed by atoms with Crippen molar-refractivity contribution < 1.29 is 4.79 Å². The lowest BCUT2D eigenvalue weighted by molar-refractivity contribution is -0.113. The second-order valence-corrected chi connectivity index (χ2v) is 2.41. The van der Waals surface area contributed by atoms with Crippen molar-refractivity contribution >= 4 is 12.0 Å². The summed E-state index contributed by atoms with van der Waals surface area (Å²) in [5.41, 5.74) is 5.88. The van der Waals surface area contributed by atoms with Crippen molar-refractivity contribution in [2.45, 2.75) is 0 Å². The first-order valence-corrected chi connectivity index (χ1v) is 3.83. The van der Waals surface area contributed by atoms with Gasteiger partial charge >= 0.3 is 0 Å². The number of nitrogens with two attached hydrogens (primary N) is 1. The van der Waals surface area contributed by atoms with E-state index in [1.807, 2.05) is 18.2 Å². The maximum absolute atomic E-state index is 10.3. The summed E-state index contributed by atoms with van der Waals surface area (Å²) in [5, 5.41) is 0. The number of allylic oxidation sites excluding steroid dienone is 2. The summed E-state index contributed by atoms with van der Waals surface area (Å²) in [6.45, 7) is 0. The predicted octanol–water partition coefficient (Wildman–Crippen LogP) is 1.14. The summed E-state index contributed by atoms with van der Waals surface area (Å²) in [7, 11) is 0. The Balaban J connectivity index is 2.55. The zero-order valence-electron chi connectivity index (χ0n) is 7.05. The Kier molecular flexibility index (Phi) is 3.45. The van der Waals surface area contributed by atoms with Gasteiger partial charge in [0.15, 0.2) is 0 Å². The molecule has 3 nitrogen and oxygen atoms in total. The van der Waals surface area contributed by atoms with Crippen LogP contribution in [0.25, 0.3) is 6.08 Å². The van der Waals surface area contributed by atoms with Crippen LogP contribution in [0.5, 0.6) is 0 Å². The van der Waals surface area contributed by atoms with E-state index in [1.165, 1.54) is 6.08 Å². The normalized spacial score (nSPS) is 11.1. The van der Waals surface area contributed by atoms with Crippen LogP contribution in [-0.2, 0) is 4.79 Å². The van der Waals surface area contributed by atoms with Crippen LogP contribution >= 0.6 is 0 Å². The fraction of sp³-hybridized carbons (Fsp3) is 0. The molecule has 1 rings (SSSR count). The summed E-state index contributed by atoms with van der Waals surface area (Å²) >= 11 is 0. The quantitative estimate of drug-likeness (QED) is 0.551. The van der Waals surface area contributed by atoms with Gasteiger partial charge in [0.2, 0.25) is 5.91 Å². The SMILES string of the molecule is NC(=O)C=CC=Cc1cccnc1. The Morgan fingerprint density at radius 3 is 2.92 bits per heavy atom. The molecule has 0 aliphatic rings. The molecule has 0 radical (unpaired) electrons. The highest BCUT2D eigenvalue weighted by Crippen LogP contribution is 1.97. The first-order chi connectivity index (χ1) is 6.29. The van der Waals surface area contributed by atoms with Gasteiger partial charge in [-0.05, 0) is 11.6 Å². The lowest BCUT2D eigenvalue weighted by atomic mass is 10.2. The van der Waals surface area contributed by atoms with Crippen LogP contribution in [0.1, 0.15) is 5.56 Å². The van der Waals surface area contributed by atoms with Crippen molar-refractivity contribution in [1.82, 2.24) is 4.98 Å². The van der Waals surface area contributed by atoms with Gasteiger partial charge in [-0.3, -0.25) is 9.78 Å². The predicted molar refractivity (Wildman–Crippen MR) is 51.6 cm³/mol. The van der Waals surface area contributed by atoms with Crippen LogP contribution in [0, 0.1) is 0 Å². The fourth-order valence-corrected chi connectivity index (χ4v) is 0.792. The molecule has 0 fully saturated rings. The zero-order valence-corrected chi connectivity index (χ0v) is 7.05. The number of hydrogen-bond acceptors (Lipinski definition) is 2. The van der Waals surface area contributed by atoms with Crippen molar-refractivity contribution in [3.8, 4) is 0 Å². The van der Waals surface area contributed by atoms with Crippen molar-refractivity contribution in [3.63, 3.8) is 0 Å². The third-order valence-corrected chi connectivity index (χ3v) is 1.34. The van der Waals surface area contributed by atoms with Gasteiger partial charge in [0.05, 0.1) is 0 Å². The number of aromatic nitrogens is 1. The number of rotatable bonds is 3. The minimum absolute atomic E-state index is 0.448. The summed E-state index contributed by atoms with van der Waals surface area (Å²) in [4.78, 5) is 14.2. The fourth-order valence-electron chi connectivity index (χ4n) is 0.792. The number of carbonyl (C=O) groups excluding carboxylic acids is 1. The van der Waals surface area contributed by atoms with E-state index >= 15 is 0 Å². The maximum atomic E-state index is 10.3. The van der Waals surface area contributed by atoms with Gasteiger partial charge in [0.1, 0.15) is 0 Å². The van der Waals surface area contributed by atoms with Gasteiger partial charge in [-0.25, -0.2) is 0 Å². The van der Waals surface area contributed by atoms with E-state index in [4.69, 9.17) is 5.73 Å². The largest absolute Gasteiger partial charge is 0.366 e. The van der Waals surface area contributed by atoms with Gasteiger partial charge in [-0.15, -0.1) is 0 Å². The second-order valence-electron chi connectivity index (χ2n) is 2.41. The van der Waals surface area contributed by atoms with Gasteiger partial charge < -0.3 is 5.73 Å². The van der Waals surface area contributed by atoms with E-state index in [0.717, 1.165) is 5.56 Å². The first kappa shape index (κ1) is 9.19. The number of primary amides is 1. The molecule has 0 aliphatic carbocycles. The van der Waals surface area contributed by atoms with Crippen molar-refractivity contribution in [2.24, 2.45) is 5.73 Å². The molecule has 0 spiro atoms. The molecule has 1 aromatic rings. The minimum atomic E-state index is -0.448. The number of pyridine rings is 1. The molecule has 0 atom stereocenters. The summed E-state index contributed by atoms with van der Waals surface area (Å²) in [6, 6.07) is 3.76. The number of carbonyl (C=O) groups is 1. The Labute approximate surface area is 76.6 Å². The zero-order chi connectivity index (χ0) is 9.52. The molecule has 0 saturated carbocycles. The van der Waals surface area contributed by atoms with E-state index in [0.29, 0.717) is 0 Å². The molecule has 1 aromatic heterocycles. The van der Waals surface area contributed by atoms with Gasteiger partial charge in [0.25, 0.3) is 0 Å². The Bertz CT molecular complexity index is 328. The van der Waals surface area contributed by atoms with Crippen molar-refractivity contribution in [1.29, 1.82) is 0 Å². The van der Waals surface area contributed by atoms with Crippen LogP contribution in [0.3, 0.4) is 0 Å². The van der Waals surface area contributed by atoms with Crippen molar-refractivity contribution in [2.75, 3.05) is 0 Å². The summed E-state index contributed by atoms with van der Waals surface area (Å²) in [5.74, 6) is -0.448. The van der Waals surface area contributed by atoms with Crippen molar-refractivity contribution in [3.05, 3.63) is 48.3 Å². The molecular formula is C10H10N2O. The van der Waals surface area contributed by atoms with Gasteiger partial charge in [-0.2, -0.15) is 0 Å². The monoisotopic (exact) mass is 174 g/mol. The molecule has 0 aliphatic heterocycles. The molecule has 2 N–H and O–H groups in total. The molecule has 0 bridgehead atoms. The molecule has 1 heterocycles. The van der Waals surface area contributed by atoms with E-state index in [2.05, 4.69) is 4.98 Å². The van der Waals surface area contributed by atoms with E-state index < -0.39 is 5.91 Å². The lowest BCUT2D eigenvalue weighted by Crippen LogP contribution is -2.04. The Morgan fingerprint density at radius 1 is 1.46 bits per heavy atom. The third kappa shape index (κ3) is 3.86. The van der Waals surface area contributed by atoms with Gasteiger partial charge in [0, 0.05) is 18.5 Å². The molecule has 0 saturated heterocycles. The number of amides is 1. The minimum Gasteiger partial charge on any atom is -0.366 e. The standard InChI is InChI=1S/C10H10N2O/c11-10(13)6-2-1-4-9-5-3-7-12-8-9/h1-8H,(H2,11,13). The molecule has 13 heavy (non-hydrogen) atoms. The highest BCUT2D eigenvalue weighted by atomic mass is 16.1. The molecule has 0 aromatic carbocycles. The number of hydrogen-bond donors (Lipinski definition) is 1. The summed E-state index contributed by atoms with van der Waals surface area (Å²) in [6.07, 6.45) is 9.90. The Hall–Kier alpha value is -1.90. The van der Waals surface area contributed by atoms with E-state index in [-0.39, 0.29) is 0 Å². The smallest absolute Gasteiger partial charge is 0.241 e. The maximum Gasteiger partial charge on any atom is 0.241 e. The lowest BCUT2D eigenvalue weighted by Gasteiger charge is -1.87. The second kappa shape index (κ2) is 4.87. The molecule has 3 heteroatoms. The molecular weight excluding hydrogens is 164 g/mol. The van der Waals surface area contributed by atoms with Gasteiger partial charge in [-0.1, -0.05) is 24.3 Å². The highest BCUT2D eigenvalue weighted by Gasteiger charge is 1.81. The van der Waals surface area contributed by atoms with Crippen LogP contribution in [0.15, 0.2) is 42.8 Å². The molecule has 66 valence electrons. The third-order valence-electron chi connectivity index (χ3n) is 1.34.